The van der Waals surface area contributed by atoms with E-state index in [1.54, 1.807) is 37.3 Å². The lowest BCUT2D eigenvalue weighted by Gasteiger charge is -2.33. The summed E-state index contributed by atoms with van der Waals surface area (Å²) < 4.78 is 0. The highest BCUT2D eigenvalue weighted by Gasteiger charge is 2.53. The van der Waals surface area contributed by atoms with Gasteiger partial charge in [-0.15, -0.1) is 0 Å². The molecule has 2 aromatic rings. The number of hydrogen-bond donors (Lipinski definition) is 2. The highest BCUT2D eigenvalue weighted by Crippen LogP contribution is 2.39. The van der Waals surface area contributed by atoms with Gasteiger partial charge in [0, 0.05) is 19.0 Å². The first-order valence-electron chi connectivity index (χ1n) is 12.9. The average molecular weight is 548 g/mol. The number of carboxylic acids is 1. The van der Waals surface area contributed by atoms with E-state index in [0.717, 1.165) is 10.5 Å². The Morgan fingerprint density at radius 1 is 1.10 bits per heavy atom. The number of hydrogen-bond acceptors (Lipinski definition) is 6. The van der Waals surface area contributed by atoms with Gasteiger partial charge in [0.2, 0.25) is 11.5 Å². The van der Waals surface area contributed by atoms with E-state index in [4.69, 9.17) is 10.4 Å². The molecule has 2 amide bonds. The number of carboxylic acid groups (broad SMARTS) is 1. The number of ketones is 1. The summed E-state index contributed by atoms with van der Waals surface area (Å²) in [4.78, 5) is 60.9. The lowest BCUT2D eigenvalue weighted by Crippen LogP contribution is -2.53. The van der Waals surface area contributed by atoms with E-state index in [-0.39, 0.29) is 18.2 Å². The number of nitrogens with one attached hydrogen (secondary N) is 1. The fourth-order valence-electron chi connectivity index (χ4n) is 4.69. The van der Waals surface area contributed by atoms with Gasteiger partial charge in [0.15, 0.2) is 0 Å². The van der Waals surface area contributed by atoms with Crippen molar-refractivity contribution in [3.05, 3.63) is 77.3 Å². The summed E-state index contributed by atoms with van der Waals surface area (Å²) in [6, 6.07) is 15.9. The van der Waals surface area contributed by atoms with E-state index in [1.165, 1.54) is 7.05 Å². The fraction of sp³-hybridized carbons (Fsp3) is 0.379. The van der Waals surface area contributed by atoms with Crippen molar-refractivity contribution >= 4 is 35.5 Å². The Hall–Kier alpha value is -4.63. The molecule has 2 unspecified atom stereocenters. The number of amides is 2. The molecular formula is C29H33N5O6. The molecule has 2 N–H and O–H groups in total. The van der Waals surface area contributed by atoms with E-state index in [1.807, 2.05) is 44.2 Å². The summed E-state index contributed by atoms with van der Waals surface area (Å²) in [5.41, 5.74) is 8.82. The maximum atomic E-state index is 14.0. The van der Waals surface area contributed by atoms with Crippen LogP contribution in [0.4, 0.5) is 0 Å². The number of aliphatic carboxylic acids is 1. The molecule has 2 aromatic carbocycles. The summed E-state index contributed by atoms with van der Waals surface area (Å²) in [5.74, 6) is -3.68. The fourth-order valence-corrected chi connectivity index (χ4v) is 4.69. The van der Waals surface area contributed by atoms with Gasteiger partial charge in [-0.05, 0) is 18.4 Å². The Balaban J connectivity index is 1.94. The second-order valence-electron chi connectivity index (χ2n) is 10.1. The van der Waals surface area contributed by atoms with E-state index < -0.39 is 47.7 Å². The van der Waals surface area contributed by atoms with Crippen LogP contribution in [0.3, 0.4) is 0 Å². The summed E-state index contributed by atoms with van der Waals surface area (Å²) in [6.45, 7) is 5.62. The zero-order valence-electron chi connectivity index (χ0n) is 22.9. The maximum Gasteiger partial charge on any atom is 0.325 e. The van der Waals surface area contributed by atoms with Gasteiger partial charge in [-0.3, -0.25) is 19.2 Å². The van der Waals surface area contributed by atoms with Gasteiger partial charge in [0.1, 0.15) is 6.04 Å². The van der Waals surface area contributed by atoms with Gasteiger partial charge in [0.25, 0.3) is 11.7 Å². The molecule has 0 aliphatic carbocycles. The molecular weight excluding hydrogens is 514 g/mol. The third-order valence-electron chi connectivity index (χ3n) is 7.02. The summed E-state index contributed by atoms with van der Waals surface area (Å²) >= 11 is 0. The van der Waals surface area contributed by atoms with Crippen LogP contribution in [0.25, 0.3) is 5.53 Å². The first-order chi connectivity index (χ1) is 19.0. The third kappa shape index (κ3) is 6.50. The van der Waals surface area contributed by atoms with Crippen molar-refractivity contribution in [2.24, 2.45) is 11.1 Å². The van der Waals surface area contributed by atoms with Crippen molar-refractivity contribution in [1.82, 2.24) is 10.2 Å². The lowest BCUT2D eigenvalue weighted by molar-refractivity contribution is -0.160. The molecule has 0 aromatic heterocycles. The van der Waals surface area contributed by atoms with Gasteiger partial charge in [-0.1, -0.05) is 79.7 Å². The molecule has 40 heavy (non-hydrogen) atoms. The SMILES string of the molecule is CC(C(=O)N[C@H](C1=NOC(C(=O)N(C)[C@@H](CC(=O)O)C(=O)C=[N+]=[N-])(c2ccccc2)C1)C(C)C)c1ccccc1. The standard InChI is InChI=1S/C29H33N5O6/c1-18(2)26(32-27(38)19(3)20-11-7-5-8-12-20)22-16-29(40-33-22,21-13-9-6-10-14-21)28(39)34(4)23(15-25(36)37)24(35)17-31-30/h5-14,17-19,23,26H,15-16H2,1-4H3,(H,32,38)(H,36,37)/t19?,23-,26-,29?/m0/s1. The van der Waals surface area contributed by atoms with Crippen LogP contribution in [0.15, 0.2) is 65.8 Å². The Morgan fingerprint density at radius 3 is 2.25 bits per heavy atom. The summed E-state index contributed by atoms with van der Waals surface area (Å²) in [6.07, 6.45) is -0.207. The van der Waals surface area contributed by atoms with Crippen molar-refractivity contribution in [2.45, 2.75) is 57.2 Å². The minimum absolute atomic E-state index is 0.0505. The molecule has 0 bridgehead atoms. The van der Waals surface area contributed by atoms with Gasteiger partial charge in [-0.25, -0.2) is 0 Å². The predicted molar refractivity (Wildman–Crippen MR) is 146 cm³/mol. The molecule has 1 aliphatic rings. The van der Waals surface area contributed by atoms with Gasteiger partial charge in [0.05, 0.1) is 24.1 Å². The third-order valence-corrected chi connectivity index (χ3v) is 7.02. The Kier molecular flexibility index (Phi) is 9.68. The van der Waals surface area contributed by atoms with Gasteiger partial charge in [-0.2, -0.15) is 4.79 Å². The Labute approximate surface area is 232 Å². The quantitative estimate of drug-likeness (QED) is 0.236. The zero-order chi connectivity index (χ0) is 29.4. The minimum atomic E-state index is -1.72. The number of rotatable bonds is 12. The molecule has 1 aliphatic heterocycles. The first-order valence-corrected chi connectivity index (χ1v) is 12.9. The zero-order valence-corrected chi connectivity index (χ0v) is 22.9. The second-order valence-corrected chi connectivity index (χ2v) is 10.1. The minimum Gasteiger partial charge on any atom is -0.481 e. The van der Waals surface area contributed by atoms with Crippen molar-refractivity contribution < 1.29 is 33.9 Å². The van der Waals surface area contributed by atoms with Gasteiger partial charge < -0.3 is 25.7 Å². The molecule has 0 saturated carbocycles. The van der Waals surface area contributed by atoms with Gasteiger partial charge >= 0.3 is 12.2 Å². The number of nitrogens with zero attached hydrogens (tertiary/aromatic N) is 4. The maximum absolute atomic E-state index is 14.0. The van der Waals surface area contributed by atoms with Crippen LogP contribution in [0.2, 0.25) is 0 Å². The van der Waals surface area contributed by atoms with Crippen LogP contribution in [0.5, 0.6) is 0 Å². The Bertz CT molecular complexity index is 1320. The molecule has 0 fully saturated rings. The molecule has 0 radical (unpaired) electrons. The normalized spacial score (nSPS) is 18.4. The smallest absolute Gasteiger partial charge is 0.325 e. The lowest BCUT2D eigenvalue weighted by atomic mass is 9.83. The topological polar surface area (TPSA) is 162 Å². The van der Waals surface area contributed by atoms with Crippen molar-refractivity contribution in [3.8, 4) is 0 Å². The highest BCUT2D eigenvalue weighted by molar-refractivity contribution is 6.28. The van der Waals surface area contributed by atoms with E-state index in [0.29, 0.717) is 17.5 Å². The van der Waals surface area contributed by atoms with E-state index >= 15 is 0 Å². The van der Waals surface area contributed by atoms with E-state index in [9.17, 15) is 24.3 Å². The molecule has 3 rings (SSSR count). The summed E-state index contributed by atoms with van der Waals surface area (Å²) in [7, 11) is 1.29. The second kappa shape index (κ2) is 12.9. The average Bonchev–Trinajstić information content (AvgIpc) is 3.40. The predicted octanol–water partition coefficient (Wildman–Crippen LogP) is 2.77. The number of benzene rings is 2. The number of likely N-dealkylation sites (N-methyl/N-ethyl adjacent to an activating group) is 1. The highest BCUT2D eigenvalue weighted by atomic mass is 16.7. The Morgan fingerprint density at radius 2 is 1.70 bits per heavy atom. The van der Waals surface area contributed by atoms with Crippen molar-refractivity contribution in [3.63, 3.8) is 0 Å². The number of oxime groups is 1. The van der Waals surface area contributed by atoms with E-state index in [2.05, 4.69) is 15.3 Å². The number of carbonyl (C=O) groups is 4. The van der Waals surface area contributed by atoms with Crippen LogP contribution in [-0.2, 0) is 29.6 Å². The molecule has 0 spiro atoms. The molecule has 1 heterocycles. The van der Waals surface area contributed by atoms with Crippen LogP contribution in [-0.4, -0.2) is 69.4 Å². The van der Waals surface area contributed by atoms with Crippen LogP contribution in [0.1, 0.15) is 50.7 Å². The van der Waals surface area contributed by atoms with Crippen LogP contribution < -0.4 is 5.32 Å². The molecule has 11 heteroatoms. The van der Waals surface area contributed by atoms with Crippen molar-refractivity contribution in [2.75, 3.05) is 7.05 Å². The summed E-state index contributed by atoms with van der Waals surface area (Å²) in [5, 5.41) is 16.7. The monoisotopic (exact) mass is 547 g/mol. The van der Waals surface area contributed by atoms with Crippen LogP contribution >= 0.6 is 0 Å². The largest absolute Gasteiger partial charge is 0.481 e. The molecule has 0 saturated heterocycles. The van der Waals surface area contributed by atoms with Crippen molar-refractivity contribution in [1.29, 1.82) is 0 Å². The molecule has 11 nitrogen and oxygen atoms in total. The molecule has 210 valence electrons. The first kappa shape index (κ1) is 29.9. The number of carbonyl (C=O) groups excluding carboxylic acids is 3. The van der Waals surface area contributed by atoms with Crippen LogP contribution in [0, 0.1) is 5.92 Å². The molecule has 4 atom stereocenters. The number of Topliss-reactive ketones (excluding diaryl/α,β-unsaturated/α-hetero) is 1.